The third kappa shape index (κ3) is 5.53. The number of anilines is 2. The van der Waals surface area contributed by atoms with Gasteiger partial charge in [-0.2, -0.15) is 5.10 Å². The Morgan fingerprint density at radius 1 is 1.09 bits per heavy atom. The lowest BCUT2D eigenvalue weighted by Crippen LogP contribution is -2.48. The van der Waals surface area contributed by atoms with Crippen LogP contribution in [0.5, 0.6) is 5.75 Å². The van der Waals surface area contributed by atoms with Crippen LogP contribution in [0.2, 0.25) is 10.0 Å². The van der Waals surface area contributed by atoms with Crippen LogP contribution in [0.3, 0.4) is 0 Å². The first-order valence-corrected chi connectivity index (χ1v) is 11.8. The number of fused-ring (bicyclic) bond motifs is 1. The van der Waals surface area contributed by atoms with Crippen molar-refractivity contribution in [3.8, 4) is 5.75 Å². The van der Waals surface area contributed by atoms with Gasteiger partial charge in [0.25, 0.3) is 0 Å². The molecule has 182 valence electrons. The summed E-state index contributed by atoms with van der Waals surface area (Å²) in [6, 6.07) is 19.2. The zero-order chi connectivity index (χ0) is 25.2. The van der Waals surface area contributed by atoms with Crippen molar-refractivity contribution in [3.05, 3.63) is 81.8 Å². The number of nitrogens with two attached hydrogens (primary N) is 1. The molecule has 0 aliphatic rings. The molecule has 0 saturated heterocycles. The SMILES string of the molecule is COc1cccc2c1c(Nc1cccc(Cl)c1Cl)nn2Cc1cccc(CNC(=O)C(C)(C)N)c1. The van der Waals surface area contributed by atoms with Gasteiger partial charge in [-0.15, -0.1) is 0 Å². The molecule has 0 spiro atoms. The number of hydrogen-bond acceptors (Lipinski definition) is 5. The van der Waals surface area contributed by atoms with Gasteiger partial charge in [-0.3, -0.25) is 9.48 Å². The van der Waals surface area contributed by atoms with Crippen LogP contribution in [0.4, 0.5) is 11.5 Å². The third-order valence-electron chi connectivity index (χ3n) is 5.53. The highest BCUT2D eigenvalue weighted by atomic mass is 35.5. The van der Waals surface area contributed by atoms with E-state index in [1.165, 1.54) is 0 Å². The Bertz CT molecular complexity index is 1380. The first kappa shape index (κ1) is 24.9. The van der Waals surface area contributed by atoms with Gasteiger partial charge in [0.15, 0.2) is 5.82 Å². The highest BCUT2D eigenvalue weighted by Crippen LogP contribution is 2.37. The highest BCUT2D eigenvalue weighted by molar-refractivity contribution is 6.43. The first-order chi connectivity index (χ1) is 16.7. The number of carbonyl (C=O) groups excluding carboxylic acids is 1. The standard InChI is InChI=1S/C26H27Cl2N5O2/c1-26(2,29)25(34)30-14-16-7-4-8-17(13-16)15-33-20-11-6-12-21(35-3)22(20)24(32-33)31-19-10-5-9-18(27)23(19)28/h4-13H,14-15,29H2,1-3H3,(H,30,34)(H,31,32). The molecule has 1 heterocycles. The van der Waals surface area contributed by atoms with Crippen molar-refractivity contribution >= 4 is 51.5 Å². The van der Waals surface area contributed by atoms with Crippen LogP contribution in [-0.4, -0.2) is 28.3 Å². The number of aromatic nitrogens is 2. The molecule has 0 radical (unpaired) electrons. The van der Waals surface area contributed by atoms with Crippen LogP contribution in [0, 0.1) is 0 Å². The number of rotatable bonds is 8. The Labute approximate surface area is 214 Å². The molecule has 35 heavy (non-hydrogen) atoms. The summed E-state index contributed by atoms with van der Waals surface area (Å²) in [5, 5.41) is 12.7. The predicted molar refractivity (Wildman–Crippen MR) is 142 cm³/mol. The summed E-state index contributed by atoms with van der Waals surface area (Å²) in [4.78, 5) is 12.1. The average Bonchev–Trinajstić information content (AvgIpc) is 3.17. The monoisotopic (exact) mass is 511 g/mol. The highest BCUT2D eigenvalue weighted by Gasteiger charge is 2.21. The molecule has 1 aromatic heterocycles. The maximum absolute atomic E-state index is 12.1. The number of halogens is 2. The van der Waals surface area contributed by atoms with E-state index < -0.39 is 5.54 Å². The molecule has 0 unspecified atom stereocenters. The number of nitrogens with zero attached hydrogens (tertiary/aromatic N) is 2. The fraction of sp³-hybridized carbons (Fsp3) is 0.231. The molecule has 0 atom stereocenters. The molecule has 0 aliphatic heterocycles. The van der Waals surface area contributed by atoms with Gasteiger partial charge in [-0.25, -0.2) is 0 Å². The summed E-state index contributed by atoms with van der Waals surface area (Å²) in [5.74, 6) is 1.09. The molecule has 9 heteroatoms. The summed E-state index contributed by atoms with van der Waals surface area (Å²) < 4.78 is 7.52. The third-order valence-corrected chi connectivity index (χ3v) is 6.35. The normalized spacial score (nSPS) is 11.5. The molecule has 4 N–H and O–H groups in total. The number of nitrogens with one attached hydrogen (secondary N) is 2. The van der Waals surface area contributed by atoms with Gasteiger partial charge in [0.1, 0.15) is 5.75 Å². The maximum atomic E-state index is 12.1. The molecule has 4 rings (SSSR count). The van der Waals surface area contributed by atoms with Crippen LogP contribution >= 0.6 is 23.2 Å². The summed E-state index contributed by atoms with van der Waals surface area (Å²) in [7, 11) is 1.63. The van der Waals surface area contributed by atoms with Gasteiger partial charge in [-0.1, -0.05) is 59.6 Å². The number of ether oxygens (including phenoxy) is 1. The van der Waals surface area contributed by atoms with Gasteiger partial charge in [-0.05, 0) is 49.2 Å². The fourth-order valence-corrected chi connectivity index (χ4v) is 4.07. The molecule has 3 aromatic carbocycles. The van der Waals surface area contributed by atoms with E-state index in [2.05, 4.69) is 10.6 Å². The fourth-order valence-electron chi connectivity index (χ4n) is 3.72. The molecule has 7 nitrogen and oxygen atoms in total. The number of amides is 1. The first-order valence-electron chi connectivity index (χ1n) is 11.1. The quantitative estimate of drug-likeness (QED) is 0.290. The minimum Gasteiger partial charge on any atom is -0.496 e. The van der Waals surface area contributed by atoms with Crippen molar-refractivity contribution in [2.24, 2.45) is 5.73 Å². The van der Waals surface area contributed by atoms with E-state index >= 15 is 0 Å². The number of carbonyl (C=O) groups is 1. The van der Waals surface area contributed by atoms with Crippen molar-refractivity contribution < 1.29 is 9.53 Å². The molecule has 0 aliphatic carbocycles. The van der Waals surface area contributed by atoms with Crippen molar-refractivity contribution in [1.82, 2.24) is 15.1 Å². The van der Waals surface area contributed by atoms with Gasteiger partial charge >= 0.3 is 0 Å². The maximum Gasteiger partial charge on any atom is 0.239 e. The lowest BCUT2D eigenvalue weighted by molar-refractivity contribution is -0.125. The molecular weight excluding hydrogens is 485 g/mol. The van der Waals surface area contributed by atoms with Crippen molar-refractivity contribution in [2.45, 2.75) is 32.5 Å². The lowest BCUT2D eigenvalue weighted by atomic mass is 10.1. The Hall–Kier alpha value is -3.26. The van der Waals surface area contributed by atoms with E-state index in [1.807, 2.05) is 59.3 Å². The number of benzene rings is 3. The zero-order valence-corrected chi connectivity index (χ0v) is 21.2. The Morgan fingerprint density at radius 3 is 2.54 bits per heavy atom. The largest absolute Gasteiger partial charge is 0.496 e. The van der Waals surface area contributed by atoms with E-state index in [0.29, 0.717) is 40.4 Å². The minimum absolute atomic E-state index is 0.205. The lowest BCUT2D eigenvalue weighted by Gasteiger charge is -2.18. The summed E-state index contributed by atoms with van der Waals surface area (Å²) in [6.07, 6.45) is 0. The Morgan fingerprint density at radius 2 is 1.80 bits per heavy atom. The average molecular weight is 512 g/mol. The predicted octanol–water partition coefficient (Wildman–Crippen LogP) is 5.50. The molecule has 0 bridgehead atoms. The molecule has 0 fully saturated rings. The van der Waals surface area contributed by atoms with Gasteiger partial charge in [0.05, 0.1) is 45.8 Å². The van der Waals surface area contributed by atoms with Crippen molar-refractivity contribution in [2.75, 3.05) is 12.4 Å². The van der Waals surface area contributed by atoms with Crippen molar-refractivity contribution in [1.29, 1.82) is 0 Å². The minimum atomic E-state index is -0.931. The van der Waals surface area contributed by atoms with Gasteiger partial charge < -0.3 is 21.1 Å². The van der Waals surface area contributed by atoms with Crippen LogP contribution in [0.25, 0.3) is 10.9 Å². The molecule has 1 amide bonds. The topological polar surface area (TPSA) is 94.2 Å². The second-order valence-corrected chi connectivity index (χ2v) is 9.60. The molecule has 0 saturated carbocycles. The second kappa shape index (κ2) is 10.2. The smallest absolute Gasteiger partial charge is 0.239 e. The Balaban J connectivity index is 1.65. The molecular formula is C26H27Cl2N5O2. The van der Waals surface area contributed by atoms with Gasteiger partial charge in [0, 0.05) is 6.54 Å². The van der Waals surface area contributed by atoms with E-state index in [9.17, 15) is 4.79 Å². The van der Waals surface area contributed by atoms with E-state index in [4.69, 9.17) is 38.8 Å². The van der Waals surface area contributed by atoms with E-state index in [-0.39, 0.29) is 5.91 Å². The van der Waals surface area contributed by atoms with E-state index in [1.54, 1.807) is 27.0 Å². The van der Waals surface area contributed by atoms with Crippen molar-refractivity contribution in [3.63, 3.8) is 0 Å². The van der Waals surface area contributed by atoms with Crippen LogP contribution in [-0.2, 0) is 17.9 Å². The summed E-state index contributed by atoms with van der Waals surface area (Å²) in [6.45, 7) is 4.26. The second-order valence-electron chi connectivity index (χ2n) is 8.81. The van der Waals surface area contributed by atoms with Gasteiger partial charge in [0.2, 0.25) is 5.91 Å². The van der Waals surface area contributed by atoms with Crippen LogP contribution < -0.4 is 21.1 Å². The molecule has 4 aromatic rings. The summed E-state index contributed by atoms with van der Waals surface area (Å²) in [5.41, 5.74) is 8.49. The summed E-state index contributed by atoms with van der Waals surface area (Å²) >= 11 is 12.6. The van der Waals surface area contributed by atoms with Crippen LogP contribution in [0.15, 0.2) is 60.7 Å². The zero-order valence-electron chi connectivity index (χ0n) is 19.7. The Kier molecular flexibility index (Phi) is 7.21. The number of methoxy groups -OCH3 is 1. The number of hydrogen-bond donors (Lipinski definition) is 3. The van der Waals surface area contributed by atoms with E-state index in [0.717, 1.165) is 22.0 Å². The van der Waals surface area contributed by atoms with Crippen LogP contribution in [0.1, 0.15) is 25.0 Å².